The van der Waals surface area contributed by atoms with Crippen molar-refractivity contribution in [3.05, 3.63) is 48.0 Å². The molecule has 0 atom stereocenters. The Labute approximate surface area is 176 Å². The maximum atomic E-state index is 12.7. The van der Waals surface area contributed by atoms with Crippen LogP contribution in [-0.2, 0) is 21.4 Å². The van der Waals surface area contributed by atoms with Crippen molar-refractivity contribution in [2.45, 2.75) is 20.4 Å². The van der Waals surface area contributed by atoms with Crippen molar-refractivity contribution < 1.29 is 27.4 Å². The quantitative estimate of drug-likeness (QED) is 0.651. The molecule has 1 aliphatic rings. The molecule has 0 unspecified atom stereocenters. The molecule has 3 rings (SSSR count). The Kier molecular flexibility index (Phi) is 7.04. The molecule has 9 heteroatoms. The number of benzene rings is 2. The second-order valence-corrected chi connectivity index (χ2v) is 8.73. The van der Waals surface area contributed by atoms with Crippen molar-refractivity contribution in [1.82, 2.24) is 5.32 Å². The van der Waals surface area contributed by atoms with Crippen molar-refractivity contribution in [3.63, 3.8) is 0 Å². The van der Waals surface area contributed by atoms with E-state index in [-0.39, 0.29) is 18.8 Å². The van der Waals surface area contributed by atoms with Crippen LogP contribution in [0.4, 0.5) is 5.69 Å². The SMILES string of the molecule is CCOc1ccccc1CNC(=O)CN(c1ccc2c(c1)OCCO2)S(=O)(=O)CC. The predicted molar refractivity (Wildman–Crippen MR) is 114 cm³/mol. The molecule has 1 aliphatic heterocycles. The van der Waals surface area contributed by atoms with E-state index in [1.54, 1.807) is 18.2 Å². The van der Waals surface area contributed by atoms with Crippen LogP contribution >= 0.6 is 0 Å². The highest BCUT2D eigenvalue weighted by molar-refractivity contribution is 7.92. The Morgan fingerprint density at radius 2 is 1.83 bits per heavy atom. The van der Waals surface area contributed by atoms with E-state index in [9.17, 15) is 13.2 Å². The first-order valence-corrected chi connectivity index (χ1v) is 11.4. The molecule has 0 aromatic heterocycles. The summed E-state index contributed by atoms with van der Waals surface area (Å²) in [6, 6.07) is 12.2. The minimum absolute atomic E-state index is 0.137. The van der Waals surface area contributed by atoms with E-state index < -0.39 is 15.9 Å². The number of anilines is 1. The summed E-state index contributed by atoms with van der Waals surface area (Å²) in [4.78, 5) is 12.6. The second kappa shape index (κ2) is 9.71. The average Bonchev–Trinajstić information content (AvgIpc) is 2.76. The highest BCUT2D eigenvalue weighted by Gasteiger charge is 2.25. The molecule has 0 aliphatic carbocycles. The highest BCUT2D eigenvalue weighted by Crippen LogP contribution is 2.34. The summed E-state index contributed by atoms with van der Waals surface area (Å²) in [5, 5.41) is 2.78. The summed E-state index contributed by atoms with van der Waals surface area (Å²) in [5.41, 5.74) is 1.17. The molecule has 2 aromatic carbocycles. The summed E-state index contributed by atoms with van der Waals surface area (Å²) >= 11 is 0. The van der Waals surface area contributed by atoms with Crippen LogP contribution in [0.2, 0.25) is 0 Å². The molecule has 0 saturated carbocycles. The topological polar surface area (TPSA) is 94.2 Å². The number of carbonyl (C=O) groups excluding carboxylic acids is 1. The molecular formula is C21H26N2O6S. The normalized spacial score (nSPS) is 12.9. The number of nitrogens with one attached hydrogen (secondary N) is 1. The van der Waals surface area contributed by atoms with Gasteiger partial charge in [-0.2, -0.15) is 0 Å². The monoisotopic (exact) mass is 434 g/mol. The molecular weight excluding hydrogens is 408 g/mol. The second-order valence-electron chi connectivity index (χ2n) is 6.55. The minimum Gasteiger partial charge on any atom is -0.494 e. The molecule has 2 aromatic rings. The smallest absolute Gasteiger partial charge is 0.241 e. The standard InChI is InChI=1S/C21H26N2O6S/c1-3-27-18-8-6-5-7-16(18)14-22-21(24)15-23(30(25,26)4-2)17-9-10-19-20(13-17)29-12-11-28-19/h5-10,13H,3-4,11-12,14-15H2,1-2H3,(H,22,24). The van der Waals surface area contributed by atoms with Gasteiger partial charge in [0.2, 0.25) is 15.9 Å². The van der Waals surface area contributed by atoms with Gasteiger partial charge in [0.25, 0.3) is 0 Å². The summed E-state index contributed by atoms with van der Waals surface area (Å²) in [7, 11) is -3.68. The number of ether oxygens (including phenoxy) is 3. The number of hydrogen-bond acceptors (Lipinski definition) is 6. The Bertz CT molecular complexity index is 993. The molecule has 8 nitrogen and oxygen atoms in total. The number of rotatable bonds is 9. The van der Waals surface area contributed by atoms with Crippen LogP contribution in [0.1, 0.15) is 19.4 Å². The van der Waals surface area contributed by atoms with Gasteiger partial charge in [0.05, 0.1) is 18.0 Å². The fraction of sp³-hybridized carbons (Fsp3) is 0.381. The summed E-state index contributed by atoms with van der Waals surface area (Å²) in [5.74, 6) is 1.14. The average molecular weight is 435 g/mol. The van der Waals surface area contributed by atoms with Crippen LogP contribution in [0.15, 0.2) is 42.5 Å². The Hall–Kier alpha value is -2.94. The van der Waals surface area contributed by atoms with Gasteiger partial charge in [0.1, 0.15) is 25.5 Å². The lowest BCUT2D eigenvalue weighted by Gasteiger charge is -2.25. The van der Waals surface area contributed by atoms with Gasteiger partial charge in [-0.1, -0.05) is 18.2 Å². The maximum absolute atomic E-state index is 12.7. The molecule has 162 valence electrons. The van der Waals surface area contributed by atoms with Gasteiger partial charge < -0.3 is 19.5 Å². The van der Waals surface area contributed by atoms with Crippen molar-refractivity contribution in [2.75, 3.05) is 36.4 Å². The van der Waals surface area contributed by atoms with Crippen LogP contribution in [-0.4, -0.2) is 46.4 Å². The molecule has 0 bridgehead atoms. The van der Waals surface area contributed by atoms with E-state index in [1.165, 1.54) is 6.92 Å². The van der Waals surface area contributed by atoms with E-state index in [2.05, 4.69) is 5.32 Å². The maximum Gasteiger partial charge on any atom is 0.241 e. The molecule has 30 heavy (non-hydrogen) atoms. The molecule has 0 radical (unpaired) electrons. The largest absolute Gasteiger partial charge is 0.494 e. The van der Waals surface area contributed by atoms with E-state index >= 15 is 0 Å². The first-order valence-electron chi connectivity index (χ1n) is 9.82. The molecule has 0 spiro atoms. The number of carbonyl (C=O) groups is 1. The van der Waals surface area contributed by atoms with E-state index in [0.29, 0.717) is 42.8 Å². The van der Waals surface area contributed by atoms with E-state index in [0.717, 1.165) is 9.87 Å². The number of para-hydroxylation sites is 1. The third-order valence-electron chi connectivity index (χ3n) is 4.55. The Morgan fingerprint density at radius 1 is 1.10 bits per heavy atom. The number of sulfonamides is 1. The third-order valence-corrected chi connectivity index (χ3v) is 6.29. The van der Waals surface area contributed by atoms with Crippen LogP contribution in [0.25, 0.3) is 0 Å². The Balaban J connectivity index is 1.75. The zero-order chi connectivity index (χ0) is 21.6. The van der Waals surface area contributed by atoms with Crippen molar-refractivity contribution in [3.8, 4) is 17.2 Å². The molecule has 1 N–H and O–H groups in total. The Morgan fingerprint density at radius 3 is 2.57 bits per heavy atom. The van der Waals surface area contributed by atoms with Gasteiger partial charge in [-0.3, -0.25) is 9.10 Å². The van der Waals surface area contributed by atoms with Gasteiger partial charge in [-0.05, 0) is 32.0 Å². The molecule has 1 amide bonds. The highest BCUT2D eigenvalue weighted by atomic mass is 32.2. The van der Waals surface area contributed by atoms with Gasteiger partial charge in [-0.25, -0.2) is 8.42 Å². The lowest BCUT2D eigenvalue weighted by Crippen LogP contribution is -2.41. The fourth-order valence-corrected chi connectivity index (χ4v) is 4.08. The summed E-state index contributed by atoms with van der Waals surface area (Å²) in [6.07, 6.45) is 0. The van der Waals surface area contributed by atoms with Crippen molar-refractivity contribution in [2.24, 2.45) is 0 Å². The molecule has 0 saturated heterocycles. The minimum atomic E-state index is -3.68. The first kappa shape index (κ1) is 21.8. The predicted octanol–water partition coefficient (Wildman–Crippen LogP) is 2.33. The summed E-state index contributed by atoms with van der Waals surface area (Å²) < 4.78 is 43.0. The van der Waals surface area contributed by atoms with Gasteiger partial charge >= 0.3 is 0 Å². The number of fused-ring (bicyclic) bond motifs is 1. The zero-order valence-electron chi connectivity index (χ0n) is 17.1. The number of hydrogen-bond donors (Lipinski definition) is 1. The number of nitrogens with zero attached hydrogens (tertiary/aromatic N) is 1. The van der Waals surface area contributed by atoms with Crippen LogP contribution in [0, 0.1) is 0 Å². The third kappa shape index (κ3) is 5.15. The lowest BCUT2D eigenvalue weighted by atomic mass is 10.2. The summed E-state index contributed by atoms with van der Waals surface area (Å²) in [6.45, 7) is 4.65. The number of amides is 1. The lowest BCUT2D eigenvalue weighted by molar-refractivity contribution is -0.119. The zero-order valence-corrected chi connectivity index (χ0v) is 17.9. The first-order chi connectivity index (χ1) is 14.4. The van der Waals surface area contributed by atoms with E-state index in [4.69, 9.17) is 14.2 Å². The van der Waals surface area contributed by atoms with E-state index in [1.807, 2.05) is 31.2 Å². The van der Waals surface area contributed by atoms with Crippen LogP contribution in [0.3, 0.4) is 0 Å². The van der Waals surface area contributed by atoms with Gasteiger partial charge in [0.15, 0.2) is 11.5 Å². The van der Waals surface area contributed by atoms with Crippen LogP contribution < -0.4 is 23.8 Å². The van der Waals surface area contributed by atoms with Crippen molar-refractivity contribution in [1.29, 1.82) is 0 Å². The van der Waals surface area contributed by atoms with Crippen molar-refractivity contribution >= 4 is 21.6 Å². The van der Waals surface area contributed by atoms with Gasteiger partial charge in [0, 0.05) is 18.2 Å². The van der Waals surface area contributed by atoms with Gasteiger partial charge in [-0.15, -0.1) is 0 Å². The molecule has 1 heterocycles. The fourth-order valence-electron chi connectivity index (χ4n) is 3.02. The molecule has 0 fully saturated rings. The van der Waals surface area contributed by atoms with Crippen LogP contribution in [0.5, 0.6) is 17.2 Å².